The lowest BCUT2D eigenvalue weighted by Crippen LogP contribution is -2.11. The van der Waals surface area contributed by atoms with Crippen LogP contribution in [0.5, 0.6) is 0 Å². The number of hydrogen-bond donors (Lipinski definition) is 1. The van der Waals surface area contributed by atoms with Gasteiger partial charge in [0.1, 0.15) is 6.33 Å². The van der Waals surface area contributed by atoms with Crippen LogP contribution < -0.4 is 4.72 Å². The van der Waals surface area contributed by atoms with Crippen LogP contribution in [0.15, 0.2) is 41.0 Å². The number of halogens is 1. The van der Waals surface area contributed by atoms with Crippen LogP contribution in [0.1, 0.15) is 0 Å². The summed E-state index contributed by atoms with van der Waals surface area (Å²) in [5, 5.41) is 10.8. The minimum atomic E-state index is -3.68. The minimum Gasteiger partial charge on any atom is -0.279 e. The smallest absolute Gasteiger partial charge is 0.273 e. The third kappa shape index (κ3) is 3.01. The van der Waals surface area contributed by atoms with Gasteiger partial charge in [-0.3, -0.25) is 4.72 Å². The summed E-state index contributed by atoms with van der Waals surface area (Å²) in [5.41, 5.74) is 1.13. The highest BCUT2D eigenvalue weighted by atomic mass is 35.5. The van der Waals surface area contributed by atoms with Gasteiger partial charge in [0.05, 0.1) is 11.9 Å². The van der Waals surface area contributed by atoms with E-state index in [1.54, 1.807) is 24.3 Å². The van der Waals surface area contributed by atoms with Crippen molar-refractivity contribution in [1.29, 1.82) is 0 Å². The number of anilines is 1. The monoisotopic (exact) mass is 342 g/mol. The molecule has 0 saturated carbocycles. The Labute approximate surface area is 128 Å². The van der Waals surface area contributed by atoms with Gasteiger partial charge in [-0.05, 0) is 34.7 Å². The number of nitrogens with zero attached hydrogens (tertiary/aromatic N) is 5. The highest BCUT2D eigenvalue weighted by molar-refractivity contribution is 7.94. The molecule has 0 radical (unpaired) electrons. The molecule has 0 spiro atoms. The summed E-state index contributed by atoms with van der Waals surface area (Å²) in [4.78, 5) is 3.71. The molecule has 0 aliphatic heterocycles. The number of benzene rings is 1. The Bertz CT molecular complexity index is 844. The number of tetrazole rings is 1. The number of nitrogens with one attached hydrogen (secondary N) is 1. The van der Waals surface area contributed by atoms with Crippen molar-refractivity contribution in [1.82, 2.24) is 25.2 Å². The van der Waals surface area contributed by atoms with Gasteiger partial charge in [-0.15, -0.1) is 5.10 Å². The second kappa shape index (κ2) is 5.39. The van der Waals surface area contributed by atoms with Crippen LogP contribution in [0.2, 0.25) is 4.47 Å². The maximum absolute atomic E-state index is 12.1. The first-order valence-electron chi connectivity index (χ1n) is 5.52. The Morgan fingerprint density at radius 3 is 2.57 bits per heavy atom. The molecule has 2 heterocycles. The van der Waals surface area contributed by atoms with E-state index in [0.29, 0.717) is 11.4 Å². The van der Waals surface area contributed by atoms with Crippen molar-refractivity contribution in [2.24, 2.45) is 0 Å². The van der Waals surface area contributed by atoms with Crippen molar-refractivity contribution < 1.29 is 8.42 Å². The van der Waals surface area contributed by atoms with Crippen LogP contribution in [0.3, 0.4) is 0 Å². The third-order valence-corrected chi connectivity index (χ3v) is 5.41. The molecule has 8 nitrogen and oxygen atoms in total. The zero-order valence-corrected chi connectivity index (χ0v) is 12.6. The summed E-state index contributed by atoms with van der Waals surface area (Å²) in [7, 11) is -3.68. The van der Waals surface area contributed by atoms with Crippen LogP contribution >= 0.6 is 22.9 Å². The van der Waals surface area contributed by atoms with Crippen molar-refractivity contribution in [3.8, 4) is 5.69 Å². The topological polar surface area (TPSA) is 103 Å². The van der Waals surface area contributed by atoms with Crippen molar-refractivity contribution in [3.05, 3.63) is 41.3 Å². The van der Waals surface area contributed by atoms with Crippen molar-refractivity contribution in [2.45, 2.75) is 4.21 Å². The molecule has 0 amide bonds. The zero-order chi connectivity index (χ0) is 14.9. The molecular weight excluding hydrogens is 336 g/mol. The Balaban J connectivity index is 1.82. The molecule has 0 fully saturated rings. The molecule has 0 bridgehead atoms. The fourth-order valence-corrected chi connectivity index (χ4v) is 3.88. The first-order chi connectivity index (χ1) is 10.0. The Hall–Kier alpha value is -2.04. The predicted octanol–water partition coefficient (Wildman–Crippen LogP) is 1.57. The second-order valence-electron chi connectivity index (χ2n) is 3.84. The molecule has 1 N–H and O–H groups in total. The van der Waals surface area contributed by atoms with Gasteiger partial charge in [0.2, 0.25) is 0 Å². The van der Waals surface area contributed by atoms with E-state index in [0.717, 1.165) is 11.3 Å². The number of sulfonamides is 1. The molecule has 0 aliphatic carbocycles. The number of hydrogen-bond acceptors (Lipinski definition) is 7. The van der Waals surface area contributed by atoms with Gasteiger partial charge in [0.25, 0.3) is 10.0 Å². The van der Waals surface area contributed by atoms with Gasteiger partial charge in [-0.25, -0.2) is 18.1 Å². The molecule has 11 heteroatoms. The Kier molecular flexibility index (Phi) is 3.57. The third-order valence-electron chi connectivity index (χ3n) is 2.45. The van der Waals surface area contributed by atoms with E-state index in [9.17, 15) is 8.42 Å². The van der Waals surface area contributed by atoms with E-state index in [2.05, 4.69) is 25.2 Å². The fraction of sp³-hybridized carbons (Fsp3) is 0. The van der Waals surface area contributed by atoms with E-state index in [1.807, 2.05) is 0 Å². The number of rotatable bonds is 4. The predicted molar refractivity (Wildman–Crippen MR) is 77.1 cm³/mol. The Morgan fingerprint density at radius 1 is 1.24 bits per heavy atom. The largest absolute Gasteiger partial charge is 0.279 e. The zero-order valence-electron chi connectivity index (χ0n) is 10.2. The maximum atomic E-state index is 12.1. The first-order valence-corrected chi connectivity index (χ1v) is 8.20. The van der Waals surface area contributed by atoms with E-state index >= 15 is 0 Å². The lowest BCUT2D eigenvalue weighted by molar-refractivity contribution is 0.603. The molecule has 2 aromatic heterocycles. The quantitative estimate of drug-likeness (QED) is 0.772. The van der Waals surface area contributed by atoms with Crippen molar-refractivity contribution in [2.75, 3.05) is 4.72 Å². The van der Waals surface area contributed by atoms with Gasteiger partial charge >= 0.3 is 0 Å². The molecular formula is C10H7ClN6O2S2. The van der Waals surface area contributed by atoms with Crippen LogP contribution in [0, 0.1) is 0 Å². The standard InChI is InChI=1S/C10H7ClN6O2S2/c11-10-12-5-9(20-10)21(18,19)14-7-1-3-8(4-2-7)17-6-13-15-16-17/h1-6,14H. The number of aromatic nitrogens is 5. The maximum Gasteiger partial charge on any atom is 0.273 e. The summed E-state index contributed by atoms with van der Waals surface area (Å²) in [6.45, 7) is 0. The summed E-state index contributed by atoms with van der Waals surface area (Å²) >= 11 is 6.53. The summed E-state index contributed by atoms with van der Waals surface area (Å²) in [5.74, 6) is 0. The molecule has 0 unspecified atom stereocenters. The van der Waals surface area contributed by atoms with Crippen LogP contribution in [0.25, 0.3) is 5.69 Å². The van der Waals surface area contributed by atoms with Gasteiger partial charge in [-0.1, -0.05) is 22.9 Å². The average molecular weight is 343 g/mol. The SMILES string of the molecule is O=S(=O)(Nc1ccc(-n2cnnn2)cc1)c1cnc(Cl)s1. The average Bonchev–Trinajstić information content (AvgIpc) is 3.10. The van der Waals surface area contributed by atoms with E-state index in [4.69, 9.17) is 11.6 Å². The molecule has 21 heavy (non-hydrogen) atoms. The van der Waals surface area contributed by atoms with Crippen LogP contribution in [-0.4, -0.2) is 33.6 Å². The molecule has 108 valence electrons. The van der Waals surface area contributed by atoms with Gasteiger partial charge in [-0.2, -0.15) is 0 Å². The van der Waals surface area contributed by atoms with Gasteiger partial charge in [0, 0.05) is 5.69 Å². The van der Waals surface area contributed by atoms with E-state index in [-0.39, 0.29) is 8.68 Å². The lowest BCUT2D eigenvalue weighted by Gasteiger charge is -2.06. The molecule has 1 aromatic carbocycles. The van der Waals surface area contributed by atoms with Gasteiger partial charge in [0.15, 0.2) is 8.68 Å². The fourth-order valence-electron chi connectivity index (χ4n) is 1.53. The second-order valence-corrected chi connectivity index (χ2v) is 7.36. The first kappa shape index (κ1) is 13.9. The summed E-state index contributed by atoms with van der Waals surface area (Å²) in [6, 6.07) is 6.59. The van der Waals surface area contributed by atoms with Crippen LogP contribution in [-0.2, 0) is 10.0 Å². The molecule has 3 aromatic rings. The Morgan fingerprint density at radius 2 is 2.00 bits per heavy atom. The summed E-state index contributed by atoms with van der Waals surface area (Å²) < 4.78 is 28.3. The van der Waals surface area contributed by atoms with E-state index < -0.39 is 10.0 Å². The van der Waals surface area contributed by atoms with Crippen molar-refractivity contribution >= 4 is 38.6 Å². The normalized spacial score (nSPS) is 11.5. The van der Waals surface area contributed by atoms with E-state index in [1.165, 1.54) is 17.2 Å². The minimum absolute atomic E-state index is 0.0528. The molecule has 0 saturated heterocycles. The lowest BCUT2D eigenvalue weighted by atomic mass is 10.3. The highest BCUT2D eigenvalue weighted by Gasteiger charge is 2.17. The van der Waals surface area contributed by atoms with Crippen LogP contribution in [0.4, 0.5) is 5.69 Å². The van der Waals surface area contributed by atoms with Crippen molar-refractivity contribution in [3.63, 3.8) is 0 Å². The summed E-state index contributed by atoms with van der Waals surface area (Å²) in [6.07, 6.45) is 2.66. The molecule has 3 rings (SSSR count). The number of thiazole rings is 1. The highest BCUT2D eigenvalue weighted by Crippen LogP contribution is 2.24. The van der Waals surface area contributed by atoms with Gasteiger partial charge < -0.3 is 0 Å². The molecule has 0 aliphatic rings. The molecule has 0 atom stereocenters.